The monoisotopic (exact) mass is 254 g/mol. The predicted octanol–water partition coefficient (Wildman–Crippen LogP) is 1.45. The fourth-order valence-electron chi connectivity index (χ4n) is 3.24. The fourth-order valence-corrected chi connectivity index (χ4v) is 3.24. The van der Waals surface area contributed by atoms with Crippen LogP contribution in [0.4, 0.5) is 0 Å². The Bertz CT molecular complexity index is 288. The molecule has 2 aliphatic rings. The molecular formula is C14H26N2O2. The highest BCUT2D eigenvalue weighted by Crippen LogP contribution is 2.26. The summed E-state index contributed by atoms with van der Waals surface area (Å²) in [4.78, 5) is 12.5. The second-order valence-electron chi connectivity index (χ2n) is 5.89. The summed E-state index contributed by atoms with van der Waals surface area (Å²) in [6.45, 7) is 4.00. The van der Waals surface area contributed by atoms with Crippen molar-refractivity contribution in [3.05, 3.63) is 0 Å². The van der Waals surface area contributed by atoms with Gasteiger partial charge in [-0.05, 0) is 44.7 Å². The van der Waals surface area contributed by atoms with Crippen LogP contribution in [0.3, 0.4) is 0 Å². The van der Waals surface area contributed by atoms with E-state index in [1.165, 1.54) is 12.8 Å². The maximum Gasteiger partial charge on any atom is 0.252 e. The highest BCUT2D eigenvalue weighted by atomic mass is 16.5. The van der Waals surface area contributed by atoms with E-state index < -0.39 is 5.60 Å². The smallest absolute Gasteiger partial charge is 0.252 e. The molecular weight excluding hydrogens is 228 g/mol. The normalized spacial score (nSPS) is 31.9. The molecule has 0 radical (unpaired) electrons. The molecule has 0 aromatic heterocycles. The molecule has 1 amide bonds. The topological polar surface area (TPSA) is 50.4 Å². The van der Waals surface area contributed by atoms with Gasteiger partial charge in [-0.25, -0.2) is 0 Å². The van der Waals surface area contributed by atoms with E-state index in [4.69, 9.17) is 4.74 Å². The number of methoxy groups -OCH3 is 1. The molecule has 2 atom stereocenters. The van der Waals surface area contributed by atoms with Crippen LogP contribution >= 0.6 is 0 Å². The van der Waals surface area contributed by atoms with Gasteiger partial charge < -0.3 is 15.4 Å². The molecule has 1 saturated heterocycles. The standard InChI is InChI=1S/C14H26N2O2/c1-11-4-3-5-12(10-11)16-13(17)14(18-2)6-8-15-9-7-14/h11-12,15H,3-10H2,1-2H3,(H,16,17). The van der Waals surface area contributed by atoms with E-state index >= 15 is 0 Å². The highest BCUT2D eigenvalue weighted by Gasteiger charge is 2.40. The van der Waals surface area contributed by atoms with E-state index in [0.717, 1.165) is 44.7 Å². The zero-order valence-electron chi connectivity index (χ0n) is 11.6. The molecule has 18 heavy (non-hydrogen) atoms. The van der Waals surface area contributed by atoms with E-state index in [1.54, 1.807) is 7.11 Å². The summed E-state index contributed by atoms with van der Waals surface area (Å²) in [6.07, 6.45) is 6.31. The highest BCUT2D eigenvalue weighted by molar-refractivity contribution is 5.85. The van der Waals surface area contributed by atoms with Gasteiger partial charge in [0.2, 0.25) is 0 Å². The largest absolute Gasteiger partial charge is 0.368 e. The lowest BCUT2D eigenvalue weighted by Crippen LogP contribution is -2.56. The minimum atomic E-state index is -0.591. The molecule has 1 aliphatic carbocycles. The summed E-state index contributed by atoms with van der Waals surface area (Å²) in [6, 6.07) is 0.350. The van der Waals surface area contributed by atoms with Crippen molar-refractivity contribution in [2.45, 2.75) is 57.1 Å². The van der Waals surface area contributed by atoms with Crippen LogP contribution in [0.25, 0.3) is 0 Å². The number of ether oxygens (including phenoxy) is 1. The van der Waals surface area contributed by atoms with Crippen molar-refractivity contribution >= 4 is 5.91 Å². The molecule has 0 aromatic carbocycles. The Balaban J connectivity index is 1.92. The number of rotatable bonds is 3. The molecule has 1 aliphatic heterocycles. The number of piperidine rings is 1. The third-order valence-electron chi connectivity index (χ3n) is 4.49. The summed E-state index contributed by atoms with van der Waals surface area (Å²) in [7, 11) is 1.66. The molecule has 2 fully saturated rings. The van der Waals surface area contributed by atoms with Crippen LogP contribution in [0.1, 0.15) is 45.4 Å². The number of amides is 1. The zero-order valence-corrected chi connectivity index (χ0v) is 11.6. The first-order valence-electron chi connectivity index (χ1n) is 7.23. The van der Waals surface area contributed by atoms with Crippen molar-refractivity contribution in [2.24, 2.45) is 5.92 Å². The van der Waals surface area contributed by atoms with Crippen molar-refractivity contribution in [3.8, 4) is 0 Å². The van der Waals surface area contributed by atoms with Crippen molar-refractivity contribution in [2.75, 3.05) is 20.2 Å². The number of hydrogen-bond acceptors (Lipinski definition) is 3. The molecule has 2 unspecified atom stereocenters. The lowest BCUT2D eigenvalue weighted by atomic mass is 9.85. The molecule has 2 N–H and O–H groups in total. The Labute approximate surface area is 110 Å². The molecule has 2 rings (SSSR count). The third kappa shape index (κ3) is 3.04. The Morgan fingerprint density at radius 3 is 2.67 bits per heavy atom. The van der Waals surface area contributed by atoms with E-state index in [-0.39, 0.29) is 5.91 Å². The summed E-state index contributed by atoms with van der Waals surface area (Å²) in [5, 5.41) is 6.50. The molecule has 0 spiro atoms. The maximum atomic E-state index is 12.5. The lowest BCUT2D eigenvalue weighted by molar-refractivity contribution is -0.147. The van der Waals surface area contributed by atoms with Crippen LogP contribution in [0.5, 0.6) is 0 Å². The summed E-state index contributed by atoms with van der Waals surface area (Å²) >= 11 is 0. The molecule has 104 valence electrons. The van der Waals surface area contributed by atoms with Crippen LogP contribution < -0.4 is 10.6 Å². The van der Waals surface area contributed by atoms with Gasteiger partial charge in [0, 0.05) is 13.2 Å². The average molecular weight is 254 g/mol. The van der Waals surface area contributed by atoms with Gasteiger partial charge in [0.1, 0.15) is 5.60 Å². The number of carbonyl (C=O) groups is 1. The summed E-state index contributed by atoms with van der Waals surface area (Å²) in [5.41, 5.74) is -0.591. The number of hydrogen-bond donors (Lipinski definition) is 2. The summed E-state index contributed by atoms with van der Waals surface area (Å²) < 4.78 is 5.56. The second kappa shape index (κ2) is 6.02. The first-order chi connectivity index (χ1) is 8.66. The number of nitrogens with one attached hydrogen (secondary N) is 2. The van der Waals surface area contributed by atoms with Gasteiger partial charge in [-0.2, -0.15) is 0 Å². The van der Waals surface area contributed by atoms with E-state index in [2.05, 4.69) is 17.6 Å². The van der Waals surface area contributed by atoms with Gasteiger partial charge >= 0.3 is 0 Å². The molecule has 1 heterocycles. The quantitative estimate of drug-likeness (QED) is 0.801. The Morgan fingerprint density at radius 2 is 2.06 bits per heavy atom. The molecule has 4 heteroatoms. The Kier molecular flexibility index (Phi) is 4.62. The van der Waals surface area contributed by atoms with Crippen molar-refractivity contribution in [1.29, 1.82) is 0 Å². The van der Waals surface area contributed by atoms with E-state index in [0.29, 0.717) is 6.04 Å². The second-order valence-corrected chi connectivity index (χ2v) is 5.89. The van der Waals surface area contributed by atoms with Crippen LogP contribution in [-0.2, 0) is 9.53 Å². The van der Waals surface area contributed by atoms with Crippen molar-refractivity contribution < 1.29 is 9.53 Å². The SMILES string of the molecule is COC1(C(=O)NC2CCCC(C)C2)CCNCC1. The van der Waals surface area contributed by atoms with Gasteiger partial charge in [-0.3, -0.25) is 4.79 Å². The Morgan fingerprint density at radius 1 is 1.33 bits per heavy atom. The average Bonchev–Trinajstić information content (AvgIpc) is 2.39. The van der Waals surface area contributed by atoms with Crippen LogP contribution in [0.2, 0.25) is 0 Å². The van der Waals surface area contributed by atoms with E-state index in [1.807, 2.05) is 0 Å². The lowest BCUT2D eigenvalue weighted by Gasteiger charge is -2.37. The molecule has 4 nitrogen and oxygen atoms in total. The fraction of sp³-hybridized carbons (Fsp3) is 0.929. The third-order valence-corrected chi connectivity index (χ3v) is 4.49. The van der Waals surface area contributed by atoms with Crippen molar-refractivity contribution in [1.82, 2.24) is 10.6 Å². The first-order valence-corrected chi connectivity index (χ1v) is 7.23. The van der Waals surface area contributed by atoms with Gasteiger partial charge in [0.25, 0.3) is 5.91 Å². The number of carbonyl (C=O) groups excluding carboxylic acids is 1. The minimum absolute atomic E-state index is 0.102. The Hall–Kier alpha value is -0.610. The van der Waals surface area contributed by atoms with Crippen LogP contribution in [-0.4, -0.2) is 37.7 Å². The van der Waals surface area contributed by atoms with E-state index in [9.17, 15) is 4.79 Å². The first kappa shape index (κ1) is 13.8. The minimum Gasteiger partial charge on any atom is -0.368 e. The molecule has 1 saturated carbocycles. The maximum absolute atomic E-state index is 12.5. The summed E-state index contributed by atoms with van der Waals surface area (Å²) in [5.74, 6) is 0.834. The molecule has 0 bridgehead atoms. The van der Waals surface area contributed by atoms with Crippen LogP contribution in [0, 0.1) is 5.92 Å². The zero-order chi connectivity index (χ0) is 13.0. The van der Waals surface area contributed by atoms with Gasteiger partial charge in [0.05, 0.1) is 0 Å². The van der Waals surface area contributed by atoms with Gasteiger partial charge in [-0.15, -0.1) is 0 Å². The predicted molar refractivity (Wildman–Crippen MR) is 71.4 cm³/mol. The van der Waals surface area contributed by atoms with Crippen molar-refractivity contribution in [3.63, 3.8) is 0 Å². The van der Waals surface area contributed by atoms with Crippen LogP contribution in [0.15, 0.2) is 0 Å². The molecule has 0 aromatic rings. The van der Waals surface area contributed by atoms with Gasteiger partial charge in [-0.1, -0.05) is 19.8 Å². The van der Waals surface area contributed by atoms with Gasteiger partial charge in [0.15, 0.2) is 0 Å².